The molecular weight excluding hydrogens is 224 g/mol. The van der Waals surface area contributed by atoms with E-state index in [0.29, 0.717) is 6.54 Å². The minimum Gasteiger partial charge on any atom is -0.336 e. The zero-order valence-corrected chi connectivity index (χ0v) is 11.6. The van der Waals surface area contributed by atoms with E-state index in [1.807, 2.05) is 36.9 Å². The Morgan fingerprint density at radius 3 is 2.33 bits per heavy atom. The van der Waals surface area contributed by atoms with E-state index in [9.17, 15) is 4.79 Å². The first-order valence-electron chi connectivity index (χ1n) is 6.71. The van der Waals surface area contributed by atoms with Gasteiger partial charge in [0.2, 0.25) is 5.91 Å². The number of rotatable bonds is 6. The highest BCUT2D eigenvalue weighted by molar-refractivity contribution is 5.79. The van der Waals surface area contributed by atoms with Crippen LogP contribution in [0.3, 0.4) is 0 Å². The standard InChI is InChI=1S/C15H24N2O/c1-4-14(13-9-7-6-8-10-13)17(5-2)15(18)12(3)11-16/h6-10,12,14H,4-5,11,16H2,1-3H3. The van der Waals surface area contributed by atoms with E-state index in [4.69, 9.17) is 5.73 Å². The van der Waals surface area contributed by atoms with Gasteiger partial charge in [-0.25, -0.2) is 0 Å². The topological polar surface area (TPSA) is 46.3 Å². The zero-order valence-electron chi connectivity index (χ0n) is 11.6. The predicted octanol–water partition coefficient (Wildman–Crippen LogP) is 2.58. The predicted molar refractivity (Wildman–Crippen MR) is 75.1 cm³/mol. The number of nitrogens with two attached hydrogens (primary N) is 1. The summed E-state index contributed by atoms with van der Waals surface area (Å²) in [5.41, 5.74) is 6.79. The van der Waals surface area contributed by atoms with Gasteiger partial charge in [0.05, 0.1) is 6.04 Å². The number of carbonyl (C=O) groups is 1. The second-order valence-electron chi connectivity index (χ2n) is 4.60. The van der Waals surface area contributed by atoms with E-state index < -0.39 is 0 Å². The Morgan fingerprint density at radius 1 is 1.28 bits per heavy atom. The quantitative estimate of drug-likeness (QED) is 0.841. The van der Waals surface area contributed by atoms with Gasteiger partial charge in [0.25, 0.3) is 0 Å². The SMILES string of the molecule is CCC(c1ccccc1)N(CC)C(=O)C(C)CN. The molecule has 0 aliphatic heterocycles. The van der Waals surface area contributed by atoms with Crippen molar-refractivity contribution in [1.29, 1.82) is 0 Å². The molecule has 3 nitrogen and oxygen atoms in total. The molecule has 0 saturated heterocycles. The van der Waals surface area contributed by atoms with E-state index in [1.165, 1.54) is 5.56 Å². The highest BCUT2D eigenvalue weighted by Gasteiger charge is 2.25. The Bertz CT molecular complexity index is 364. The zero-order chi connectivity index (χ0) is 13.5. The molecule has 3 heteroatoms. The molecule has 1 aromatic carbocycles. The number of hydrogen-bond acceptors (Lipinski definition) is 2. The molecule has 0 heterocycles. The molecule has 0 aliphatic rings. The first-order chi connectivity index (χ1) is 8.65. The summed E-state index contributed by atoms with van der Waals surface area (Å²) in [7, 11) is 0. The fourth-order valence-electron chi connectivity index (χ4n) is 2.22. The van der Waals surface area contributed by atoms with Crippen LogP contribution in [0.2, 0.25) is 0 Å². The molecule has 0 fully saturated rings. The van der Waals surface area contributed by atoms with Crippen molar-refractivity contribution in [1.82, 2.24) is 4.90 Å². The lowest BCUT2D eigenvalue weighted by atomic mass is 10.0. The first-order valence-corrected chi connectivity index (χ1v) is 6.71. The third-order valence-corrected chi connectivity index (χ3v) is 3.35. The molecule has 2 unspecified atom stereocenters. The summed E-state index contributed by atoms with van der Waals surface area (Å²) in [6.45, 7) is 7.15. The number of hydrogen-bond donors (Lipinski definition) is 1. The average Bonchev–Trinajstić information content (AvgIpc) is 2.43. The van der Waals surface area contributed by atoms with E-state index in [0.717, 1.165) is 13.0 Å². The number of amides is 1. The summed E-state index contributed by atoms with van der Waals surface area (Å²) >= 11 is 0. The highest BCUT2D eigenvalue weighted by atomic mass is 16.2. The molecule has 0 spiro atoms. The molecule has 0 bridgehead atoms. The molecule has 1 amide bonds. The fraction of sp³-hybridized carbons (Fsp3) is 0.533. The van der Waals surface area contributed by atoms with Gasteiger partial charge in [0, 0.05) is 19.0 Å². The third-order valence-electron chi connectivity index (χ3n) is 3.35. The van der Waals surface area contributed by atoms with E-state index >= 15 is 0 Å². The smallest absolute Gasteiger partial charge is 0.227 e. The van der Waals surface area contributed by atoms with Crippen LogP contribution in [-0.4, -0.2) is 23.9 Å². The Balaban J connectivity index is 2.94. The van der Waals surface area contributed by atoms with Crippen molar-refractivity contribution in [2.75, 3.05) is 13.1 Å². The summed E-state index contributed by atoms with van der Waals surface area (Å²) < 4.78 is 0. The van der Waals surface area contributed by atoms with Crippen molar-refractivity contribution in [3.8, 4) is 0 Å². The molecule has 0 saturated carbocycles. The van der Waals surface area contributed by atoms with Crippen LogP contribution in [0.4, 0.5) is 0 Å². The number of nitrogens with zero attached hydrogens (tertiary/aromatic N) is 1. The van der Waals surface area contributed by atoms with Crippen molar-refractivity contribution >= 4 is 5.91 Å². The van der Waals surface area contributed by atoms with Gasteiger partial charge in [0.15, 0.2) is 0 Å². The van der Waals surface area contributed by atoms with Crippen LogP contribution in [0.1, 0.15) is 38.8 Å². The maximum Gasteiger partial charge on any atom is 0.227 e. The van der Waals surface area contributed by atoms with Gasteiger partial charge in [-0.3, -0.25) is 4.79 Å². The molecule has 18 heavy (non-hydrogen) atoms. The van der Waals surface area contributed by atoms with E-state index in [-0.39, 0.29) is 17.9 Å². The van der Waals surface area contributed by atoms with Crippen molar-refractivity contribution < 1.29 is 4.79 Å². The summed E-state index contributed by atoms with van der Waals surface area (Å²) in [5.74, 6) is 0.0402. The van der Waals surface area contributed by atoms with Crippen LogP contribution < -0.4 is 5.73 Å². The number of carbonyl (C=O) groups excluding carboxylic acids is 1. The van der Waals surface area contributed by atoms with Gasteiger partial charge in [-0.15, -0.1) is 0 Å². The Labute approximate surface area is 110 Å². The third kappa shape index (κ3) is 3.33. The molecule has 2 N–H and O–H groups in total. The first kappa shape index (κ1) is 14.7. The van der Waals surface area contributed by atoms with Crippen LogP contribution in [0.5, 0.6) is 0 Å². The fourth-order valence-corrected chi connectivity index (χ4v) is 2.22. The molecule has 0 aromatic heterocycles. The largest absolute Gasteiger partial charge is 0.336 e. The summed E-state index contributed by atoms with van der Waals surface area (Å²) in [6, 6.07) is 10.3. The van der Waals surface area contributed by atoms with Gasteiger partial charge in [0.1, 0.15) is 0 Å². The lowest BCUT2D eigenvalue weighted by Gasteiger charge is -2.32. The lowest BCUT2D eigenvalue weighted by Crippen LogP contribution is -2.40. The second-order valence-corrected chi connectivity index (χ2v) is 4.60. The van der Waals surface area contributed by atoms with Gasteiger partial charge < -0.3 is 10.6 Å². The molecule has 0 aliphatic carbocycles. The van der Waals surface area contributed by atoms with Gasteiger partial charge in [-0.2, -0.15) is 0 Å². The average molecular weight is 248 g/mol. The molecule has 1 rings (SSSR count). The molecule has 100 valence electrons. The van der Waals surface area contributed by atoms with Crippen molar-refractivity contribution in [3.05, 3.63) is 35.9 Å². The maximum atomic E-state index is 12.3. The van der Waals surface area contributed by atoms with Crippen LogP contribution in [0, 0.1) is 5.92 Å². The summed E-state index contributed by atoms with van der Waals surface area (Å²) in [4.78, 5) is 14.3. The molecule has 2 atom stereocenters. The molecule has 0 radical (unpaired) electrons. The van der Waals surface area contributed by atoms with Crippen LogP contribution >= 0.6 is 0 Å². The van der Waals surface area contributed by atoms with Crippen molar-refractivity contribution in [2.45, 2.75) is 33.2 Å². The number of benzene rings is 1. The normalized spacial score (nSPS) is 14.0. The van der Waals surface area contributed by atoms with Crippen LogP contribution in [0.25, 0.3) is 0 Å². The van der Waals surface area contributed by atoms with Crippen LogP contribution in [0.15, 0.2) is 30.3 Å². The van der Waals surface area contributed by atoms with Gasteiger partial charge >= 0.3 is 0 Å². The lowest BCUT2D eigenvalue weighted by molar-refractivity contribution is -0.137. The minimum atomic E-state index is -0.109. The maximum absolute atomic E-state index is 12.3. The Kier molecular flexibility index (Phi) is 5.86. The van der Waals surface area contributed by atoms with E-state index in [2.05, 4.69) is 19.1 Å². The monoisotopic (exact) mass is 248 g/mol. The summed E-state index contributed by atoms with van der Waals surface area (Å²) in [5, 5.41) is 0. The Hall–Kier alpha value is -1.35. The van der Waals surface area contributed by atoms with Crippen molar-refractivity contribution in [3.63, 3.8) is 0 Å². The Morgan fingerprint density at radius 2 is 1.89 bits per heavy atom. The van der Waals surface area contributed by atoms with Gasteiger partial charge in [-0.1, -0.05) is 44.2 Å². The van der Waals surface area contributed by atoms with Gasteiger partial charge in [-0.05, 0) is 18.9 Å². The summed E-state index contributed by atoms with van der Waals surface area (Å²) in [6.07, 6.45) is 0.918. The van der Waals surface area contributed by atoms with Crippen molar-refractivity contribution in [2.24, 2.45) is 11.7 Å². The minimum absolute atomic E-state index is 0.109. The van der Waals surface area contributed by atoms with E-state index in [1.54, 1.807) is 0 Å². The second kappa shape index (κ2) is 7.17. The van der Waals surface area contributed by atoms with Crippen LogP contribution in [-0.2, 0) is 4.79 Å². The highest BCUT2D eigenvalue weighted by Crippen LogP contribution is 2.25. The molecular formula is C15H24N2O. The molecule has 1 aromatic rings.